The standard InChI is InChI=1S/C11H8ClFN4O2S/c1-17-11(7(5-14)6-15-17)16-20(18,19)10-4-8(13)2-3-9(10)12/h2-4,6,16H,1H3. The number of hydrogen-bond acceptors (Lipinski definition) is 4. The minimum Gasteiger partial charge on any atom is -0.262 e. The predicted octanol–water partition coefficient (Wildman–Crippen LogP) is 1.89. The number of anilines is 1. The quantitative estimate of drug-likeness (QED) is 0.937. The molecule has 1 heterocycles. The lowest BCUT2D eigenvalue weighted by molar-refractivity contribution is 0.594. The summed E-state index contributed by atoms with van der Waals surface area (Å²) in [5, 5.41) is 12.5. The Labute approximate surface area is 119 Å². The van der Waals surface area contributed by atoms with E-state index >= 15 is 0 Å². The Hall–Kier alpha value is -2.11. The first kappa shape index (κ1) is 14.3. The van der Waals surface area contributed by atoms with E-state index in [-0.39, 0.29) is 16.4 Å². The van der Waals surface area contributed by atoms with Crippen LogP contribution in [0.25, 0.3) is 0 Å². The number of nitrogens with zero attached hydrogens (tertiary/aromatic N) is 3. The third kappa shape index (κ3) is 2.59. The van der Waals surface area contributed by atoms with Gasteiger partial charge in [0.25, 0.3) is 10.0 Å². The second-order valence-corrected chi connectivity index (χ2v) is 5.88. The van der Waals surface area contributed by atoms with Crippen LogP contribution in [0.15, 0.2) is 29.3 Å². The van der Waals surface area contributed by atoms with Crippen LogP contribution in [0, 0.1) is 17.1 Å². The van der Waals surface area contributed by atoms with Crippen LogP contribution in [0.5, 0.6) is 0 Å². The molecule has 1 aromatic heterocycles. The molecule has 0 spiro atoms. The fourth-order valence-corrected chi connectivity index (χ4v) is 3.13. The molecule has 0 radical (unpaired) electrons. The fourth-order valence-electron chi connectivity index (χ4n) is 1.51. The smallest absolute Gasteiger partial charge is 0.262 e. The Morgan fingerprint density at radius 1 is 1.50 bits per heavy atom. The second-order valence-electron chi connectivity index (χ2n) is 3.82. The SMILES string of the molecule is Cn1ncc(C#N)c1NS(=O)(=O)c1cc(F)ccc1Cl. The summed E-state index contributed by atoms with van der Waals surface area (Å²) in [5.74, 6) is -0.756. The molecule has 0 aliphatic heterocycles. The first-order valence-corrected chi connectivity index (χ1v) is 7.11. The third-order valence-corrected chi connectivity index (χ3v) is 4.29. The van der Waals surface area contributed by atoms with Crippen LogP contribution in [0.4, 0.5) is 10.2 Å². The number of nitrogens with one attached hydrogen (secondary N) is 1. The molecule has 1 aromatic carbocycles. The summed E-state index contributed by atoms with van der Waals surface area (Å²) in [6.07, 6.45) is 1.21. The maximum atomic E-state index is 13.2. The average Bonchev–Trinajstić information content (AvgIpc) is 2.73. The molecule has 0 saturated heterocycles. The Morgan fingerprint density at radius 2 is 2.20 bits per heavy atom. The molecule has 0 aliphatic carbocycles. The van der Waals surface area contributed by atoms with Gasteiger partial charge in [-0.25, -0.2) is 12.8 Å². The molecule has 0 saturated carbocycles. The van der Waals surface area contributed by atoms with Crippen molar-refractivity contribution < 1.29 is 12.8 Å². The van der Waals surface area contributed by atoms with E-state index in [2.05, 4.69) is 9.82 Å². The van der Waals surface area contributed by atoms with E-state index in [1.165, 1.54) is 17.9 Å². The first-order chi connectivity index (χ1) is 9.35. The third-order valence-electron chi connectivity index (χ3n) is 2.47. The number of halogens is 2. The number of hydrogen-bond donors (Lipinski definition) is 1. The molecule has 20 heavy (non-hydrogen) atoms. The lowest BCUT2D eigenvalue weighted by Crippen LogP contribution is -2.16. The topological polar surface area (TPSA) is 87.8 Å². The van der Waals surface area contributed by atoms with Crippen LogP contribution in [0.1, 0.15) is 5.56 Å². The van der Waals surface area contributed by atoms with Gasteiger partial charge in [0.15, 0.2) is 5.82 Å². The van der Waals surface area contributed by atoms with Gasteiger partial charge in [-0.05, 0) is 18.2 Å². The molecule has 0 aliphatic rings. The van der Waals surface area contributed by atoms with Crippen LogP contribution in [-0.4, -0.2) is 18.2 Å². The molecule has 0 bridgehead atoms. The summed E-state index contributed by atoms with van der Waals surface area (Å²) >= 11 is 5.76. The van der Waals surface area contributed by atoms with Gasteiger partial charge in [-0.2, -0.15) is 10.4 Å². The number of aromatic nitrogens is 2. The highest BCUT2D eigenvalue weighted by molar-refractivity contribution is 7.92. The zero-order chi connectivity index (χ0) is 14.9. The van der Waals surface area contributed by atoms with E-state index in [0.717, 1.165) is 18.2 Å². The van der Waals surface area contributed by atoms with Crippen molar-refractivity contribution in [3.8, 4) is 6.07 Å². The Balaban J connectivity index is 2.49. The van der Waals surface area contributed by atoms with E-state index in [1.807, 2.05) is 0 Å². The first-order valence-electron chi connectivity index (χ1n) is 5.25. The summed E-state index contributed by atoms with van der Waals surface area (Å²) in [6, 6.07) is 4.78. The average molecular weight is 315 g/mol. The summed E-state index contributed by atoms with van der Waals surface area (Å²) < 4.78 is 40.9. The number of aryl methyl sites for hydroxylation is 1. The monoisotopic (exact) mass is 314 g/mol. The van der Waals surface area contributed by atoms with Gasteiger partial charge >= 0.3 is 0 Å². The van der Waals surface area contributed by atoms with E-state index in [1.54, 1.807) is 6.07 Å². The van der Waals surface area contributed by atoms with Crippen LogP contribution in [0.2, 0.25) is 5.02 Å². The van der Waals surface area contributed by atoms with Gasteiger partial charge in [-0.3, -0.25) is 9.40 Å². The maximum absolute atomic E-state index is 13.2. The highest BCUT2D eigenvalue weighted by Crippen LogP contribution is 2.25. The molecule has 2 rings (SSSR count). The molecule has 6 nitrogen and oxygen atoms in total. The van der Waals surface area contributed by atoms with Gasteiger partial charge < -0.3 is 0 Å². The van der Waals surface area contributed by atoms with Crippen molar-refractivity contribution >= 4 is 27.4 Å². The largest absolute Gasteiger partial charge is 0.264 e. The molecule has 0 unspecified atom stereocenters. The van der Waals surface area contributed by atoms with Crippen molar-refractivity contribution in [2.45, 2.75) is 4.90 Å². The molecule has 2 aromatic rings. The molecular formula is C11H8ClFN4O2S. The summed E-state index contributed by atoms with van der Waals surface area (Å²) in [4.78, 5) is -0.413. The van der Waals surface area contributed by atoms with Gasteiger partial charge in [0.2, 0.25) is 0 Å². The van der Waals surface area contributed by atoms with Gasteiger partial charge in [0.05, 0.1) is 11.2 Å². The molecule has 1 N–H and O–H groups in total. The Bertz CT molecular complexity index is 810. The maximum Gasteiger partial charge on any atom is 0.264 e. The van der Waals surface area contributed by atoms with Crippen molar-refractivity contribution in [3.05, 3.63) is 40.8 Å². The van der Waals surface area contributed by atoms with Crippen LogP contribution in [-0.2, 0) is 17.1 Å². The van der Waals surface area contributed by atoms with Gasteiger partial charge in [0, 0.05) is 7.05 Å². The number of nitriles is 1. The highest BCUT2D eigenvalue weighted by Gasteiger charge is 2.22. The normalized spacial score (nSPS) is 11.1. The van der Waals surface area contributed by atoms with Crippen LogP contribution < -0.4 is 4.72 Å². The second kappa shape index (κ2) is 5.11. The lowest BCUT2D eigenvalue weighted by atomic mass is 10.3. The predicted molar refractivity (Wildman–Crippen MR) is 70.1 cm³/mol. The van der Waals surface area contributed by atoms with Crippen molar-refractivity contribution in [2.75, 3.05) is 4.72 Å². The van der Waals surface area contributed by atoms with Crippen molar-refractivity contribution in [1.82, 2.24) is 9.78 Å². The van der Waals surface area contributed by atoms with E-state index in [9.17, 15) is 12.8 Å². The van der Waals surface area contributed by atoms with Gasteiger partial charge in [0.1, 0.15) is 22.3 Å². The van der Waals surface area contributed by atoms with Gasteiger partial charge in [-0.1, -0.05) is 11.6 Å². The lowest BCUT2D eigenvalue weighted by Gasteiger charge is -2.10. The summed E-state index contributed by atoms with van der Waals surface area (Å²) in [6.45, 7) is 0. The molecule has 104 valence electrons. The molecule has 0 atom stereocenters. The van der Waals surface area contributed by atoms with Crippen molar-refractivity contribution in [3.63, 3.8) is 0 Å². The zero-order valence-electron chi connectivity index (χ0n) is 10.1. The summed E-state index contributed by atoms with van der Waals surface area (Å²) in [5.41, 5.74) is 0.0450. The van der Waals surface area contributed by atoms with E-state index in [0.29, 0.717) is 0 Å². The van der Waals surface area contributed by atoms with Gasteiger partial charge in [-0.15, -0.1) is 0 Å². The van der Waals surface area contributed by atoms with E-state index in [4.69, 9.17) is 16.9 Å². The minimum absolute atomic E-state index is 0.0205. The summed E-state index contributed by atoms with van der Waals surface area (Å²) in [7, 11) is -2.66. The Kier molecular flexibility index (Phi) is 3.65. The minimum atomic E-state index is -4.13. The van der Waals surface area contributed by atoms with Crippen LogP contribution >= 0.6 is 11.6 Å². The molecular weight excluding hydrogens is 307 g/mol. The van der Waals surface area contributed by atoms with Crippen molar-refractivity contribution in [1.29, 1.82) is 5.26 Å². The van der Waals surface area contributed by atoms with E-state index < -0.39 is 20.7 Å². The molecule has 0 fully saturated rings. The number of rotatable bonds is 3. The fraction of sp³-hybridized carbons (Fsp3) is 0.0909. The molecule has 9 heteroatoms. The van der Waals surface area contributed by atoms with Crippen molar-refractivity contribution in [2.24, 2.45) is 7.05 Å². The molecule has 0 amide bonds. The zero-order valence-corrected chi connectivity index (χ0v) is 11.7. The number of sulfonamides is 1. The number of benzene rings is 1. The highest BCUT2D eigenvalue weighted by atomic mass is 35.5. The van der Waals surface area contributed by atoms with Crippen LogP contribution in [0.3, 0.4) is 0 Å². The Morgan fingerprint density at radius 3 is 2.85 bits per heavy atom.